The van der Waals surface area contributed by atoms with Gasteiger partial charge in [-0.2, -0.15) is 10.5 Å². The summed E-state index contributed by atoms with van der Waals surface area (Å²) in [6, 6.07) is 11.6. The molecule has 0 saturated heterocycles. The fraction of sp³-hybridized carbons (Fsp3) is 0.421. The Bertz CT molecular complexity index is 669. The highest BCUT2D eigenvalue weighted by Gasteiger charge is 2.30. The van der Waals surface area contributed by atoms with Gasteiger partial charge in [-0.1, -0.05) is 32.1 Å². The molecule has 0 aromatic heterocycles. The lowest BCUT2D eigenvalue weighted by Gasteiger charge is -2.29. The second-order valence-corrected chi connectivity index (χ2v) is 6.29. The molecule has 1 amide bonds. The average molecular weight is 324 g/mol. The highest BCUT2D eigenvalue weighted by molar-refractivity contribution is 5.79. The number of amides is 1. The molecule has 1 rings (SSSR count). The summed E-state index contributed by atoms with van der Waals surface area (Å²) >= 11 is 0. The Kier molecular flexibility index (Phi) is 7.17. The van der Waals surface area contributed by atoms with E-state index < -0.39 is 5.54 Å². The molecule has 126 valence electrons. The zero-order valence-electron chi connectivity index (χ0n) is 14.5. The lowest BCUT2D eigenvalue weighted by molar-refractivity contribution is -0.123. The van der Waals surface area contributed by atoms with Crippen LogP contribution in [-0.4, -0.2) is 29.4 Å². The van der Waals surface area contributed by atoms with Crippen molar-refractivity contribution < 1.29 is 4.79 Å². The summed E-state index contributed by atoms with van der Waals surface area (Å²) in [7, 11) is 0. The van der Waals surface area contributed by atoms with Crippen LogP contribution in [0, 0.1) is 28.6 Å². The standard InChI is InChI=1S/C19H24N4O/c1-5-9-23(12-17-8-6-7-16(10-17)11-20)13-18(24)22-19(4,14-21)15(2)3/h5-8,10,15H,1,9,12-13H2,2-4H3,(H,22,24). The first-order chi connectivity index (χ1) is 11.3. The van der Waals surface area contributed by atoms with E-state index in [2.05, 4.69) is 24.0 Å². The van der Waals surface area contributed by atoms with E-state index in [0.29, 0.717) is 18.7 Å². The molecule has 0 bridgehead atoms. The Hall–Kier alpha value is -2.63. The number of benzene rings is 1. The normalized spacial score (nSPS) is 13.0. The van der Waals surface area contributed by atoms with Crippen molar-refractivity contribution in [2.45, 2.75) is 32.9 Å². The highest BCUT2D eigenvalue weighted by atomic mass is 16.2. The maximum absolute atomic E-state index is 12.3. The van der Waals surface area contributed by atoms with Gasteiger partial charge in [-0.3, -0.25) is 9.69 Å². The first kappa shape index (κ1) is 19.4. The van der Waals surface area contributed by atoms with Gasteiger partial charge in [0.05, 0.1) is 24.2 Å². The van der Waals surface area contributed by atoms with Crippen LogP contribution in [0.15, 0.2) is 36.9 Å². The SMILES string of the molecule is C=CCN(CC(=O)NC(C)(C#N)C(C)C)Cc1cccc(C#N)c1. The summed E-state index contributed by atoms with van der Waals surface area (Å²) in [5.74, 6) is -0.197. The number of hydrogen-bond acceptors (Lipinski definition) is 4. The molecule has 0 saturated carbocycles. The van der Waals surface area contributed by atoms with E-state index in [9.17, 15) is 10.1 Å². The minimum Gasteiger partial charge on any atom is -0.337 e. The van der Waals surface area contributed by atoms with E-state index in [1.807, 2.05) is 36.9 Å². The minimum absolute atomic E-state index is 0.00612. The highest BCUT2D eigenvalue weighted by Crippen LogP contribution is 2.15. The smallest absolute Gasteiger partial charge is 0.235 e. The maximum atomic E-state index is 12.3. The van der Waals surface area contributed by atoms with E-state index >= 15 is 0 Å². The van der Waals surface area contributed by atoms with Crippen LogP contribution >= 0.6 is 0 Å². The van der Waals surface area contributed by atoms with Gasteiger partial charge in [0.15, 0.2) is 0 Å². The van der Waals surface area contributed by atoms with Crippen LogP contribution in [0.5, 0.6) is 0 Å². The van der Waals surface area contributed by atoms with Gasteiger partial charge in [-0.15, -0.1) is 6.58 Å². The molecule has 24 heavy (non-hydrogen) atoms. The van der Waals surface area contributed by atoms with Crippen LogP contribution in [0.25, 0.3) is 0 Å². The summed E-state index contributed by atoms with van der Waals surface area (Å²) in [5, 5.41) is 21.1. The van der Waals surface area contributed by atoms with Gasteiger partial charge in [-0.05, 0) is 30.5 Å². The Morgan fingerprint density at radius 1 is 1.46 bits per heavy atom. The summed E-state index contributed by atoms with van der Waals surface area (Å²) in [6.45, 7) is 10.5. The second-order valence-electron chi connectivity index (χ2n) is 6.29. The molecular formula is C19H24N4O. The number of nitrogens with zero attached hydrogens (tertiary/aromatic N) is 3. The van der Waals surface area contributed by atoms with Crippen molar-refractivity contribution in [1.82, 2.24) is 10.2 Å². The van der Waals surface area contributed by atoms with E-state index in [4.69, 9.17) is 5.26 Å². The number of nitriles is 2. The zero-order valence-corrected chi connectivity index (χ0v) is 14.5. The summed E-state index contributed by atoms with van der Waals surface area (Å²) in [6.07, 6.45) is 1.73. The Balaban J connectivity index is 2.79. The van der Waals surface area contributed by atoms with E-state index in [1.165, 1.54) is 0 Å². The molecule has 5 nitrogen and oxygen atoms in total. The second kappa shape index (κ2) is 8.86. The first-order valence-corrected chi connectivity index (χ1v) is 7.89. The van der Waals surface area contributed by atoms with Crippen LogP contribution in [0.4, 0.5) is 0 Å². The van der Waals surface area contributed by atoms with Crippen LogP contribution in [0.1, 0.15) is 31.9 Å². The monoisotopic (exact) mass is 324 g/mol. The molecular weight excluding hydrogens is 300 g/mol. The van der Waals surface area contributed by atoms with E-state index in [0.717, 1.165) is 5.56 Å². The lowest BCUT2D eigenvalue weighted by atomic mass is 9.90. The van der Waals surface area contributed by atoms with Crippen molar-refractivity contribution in [3.05, 3.63) is 48.0 Å². The number of carbonyl (C=O) groups excluding carboxylic acids is 1. The Morgan fingerprint density at radius 2 is 2.17 bits per heavy atom. The molecule has 1 N–H and O–H groups in total. The average Bonchev–Trinajstić information content (AvgIpc) is 2.54. The van der Waals surface area contributed by atoms with Gasteiger partial charge in [0.25, 0.3) is 0 Å². The molecule has 1 unspecified atom stereocenters. The fourth-order valence-corrected chi connectivity index (χ4v) is 2.20. The van der Waals surface area contributed by atoms with Crippen molar-refractivity contribution >= 4 is 5.91 Å². The minimum atomic E-state index is -0.891. The topological polar surface area (TPSA) is 79.9 Å². The first-order valence-electron chi connectivity index (χ1n) is 7.89. The number of nitrogens with one attached hydrogen (secondary N) is 1. The fourth-order valence-electron chi connectivity index (χ4n) is 2.20. The molecule has 0 radical (unpaired) electrons. The largest absolute Gasteiger partial charge is 0.337 e. The third kappa shape index (κ3) is 5.53. The van der Waals surface area contributed by atoms with Crippen LogP contribution in [-0.2, 0) is 11.3 Å². The van der Waals surface area contributed by atoms with E-state index in [-0.39, 0.29) is 18.4 Å². The van der Waals surface area contributed by atoms with Crippen LogP contribution in [0.2, 0.25) is 0 Å². The number of rotatable bonds is 8. The molecule has 5 heteroatoms. The molecule has 0 aliphatic rings. The predicted octanol–water partition coefficient (Wildman–Crippen LogP) is 2.60. The maximum Gasteiger partial charge on any atom is 0.235 e. The molecule has 1 aromatic rings. The Labute approximate surface area is 144 Å². The lowest BCUT2D eigenvalue weighted by Crippen LogP contribution is -2.51. The molecule has 0 aliphatic heterocycles. The third-order valence-electron chi connectivity index (χ3n) is 4.00. The summed E-state index contributed by atoms with van der Waals surface area (Å²) < 4.78 is 0. The third-order valence-corrected chi connectivity index (χ3v) is 4.00. The molecule has 0 heterocycles. The van der Waals surface area contributed by atoms with Crippen molar-refractivity contribution in [3.8, 4) is 12.1 Å². The Morgan fingerprint density at radius 3 is 2.71 bits per heavy atom. The zero-order chi connectivity index (χ0) is 18.2. The van der Waals surface area contributed by atoms with Gasteiger partial charge in [0.1, 0.15) is 5.54 Å². The van der Waals surface area contributed by atoms with Crippen LogP contribution < -0.4 is 5.32 Å². The van der Waals surface area contributed by atoms with Crippen molar-refractivity contribution in [1.29, 1.82) is 10.5 Å². The molecule has 0 fully saturated rings. The number of carbonyl (C=O) groups is 1. The van der Waals surface area contributed by atoms with Gasteiger partial charge in [0.2, 0.25) is 5.91 Å². The molecule has 0 aliphatic carbocycles. The number of hydrogen-bond donors (Lipinski definition) is 1. The molecule has 0 spiro atoms. The van der Waals surface area contributed by atoms with Crippen molar-refractivity contribution in [3.63, 3.8) is 0 Å². The van der Waals surface area contributed by atoms with Gasteiger partial charge in [0, 0.05) is 13.1 Å². The summed E-state index contributed by atoms with van der Waals surface area (Å²) in [5.41, 5.74) is 0.653. The van der Waals surface area contributed by atoms with E-state index in [1.54, 1.807) is 19.1 Å². The quantitative estimate of drug-likeness (QED) is 0.745. The van der Waals surface area contributed by atoms with Gasteiger partial charge >= 0.3 is 0 Å². The predicted molar refractivity (Wildman–Crippen MR) is 93.6 cm³/mol. The summed E-state index contributed by atoms with van der Waals surface area (Å²) in [4.78, 5) is 14.2. The van der Waals surface area contributed by atoms with Crippen molar-refractivity contribution in [2.24, 2.45) is 5.92 Å². The van der Waals surface area contributed by atoms with Crippen LogP contribution in [0.3, 0.4) is 0 Å². The van der Waals surface area contributed by atoms with Gasteiger partial charge < -0.3 is 5.32 Å². The van der Waals surface area contributed by atoms with Gasteiger partial charge in [-0.25, -0.2) is 0 Å². The van der Waals surface area contributed by atoms with Crippen molar-refractivity contribution in [2.75, 3.05) is 13.1 Å². The molecule has 1 aromatic carbocycles. The molecule has 1 atom stereocenters.